The van der Waals surface area contributed by atoms with E-state index < -0.39 is 0 Å². The van der Waals surface area contributed by atoms with E-state index in [2.05, 4.69) is 53.6 Å². The first kappa shape index (κ1) is 27.9. The molecule has 1 heterocycles. The summed E-state index contributed by atoms with van der Waals surface area (Å²) in [7, 11) is 0. The first-order valence-corrected chi connectivity index (χ1v) is 10.7. The van der Waals surface area contributed by atoms with E-state index in [4.69, 9.17) is 5.41 Å². The zero-order valence-electron chi connectivity index (χ0n) is 17.5. The van der Waals surface area contributed by atoms with Gasteiger partial charge in [0.25, 0.3) is 0 Å². The minimum absolute atomic E-state index is 0. The van der Waals surface area contributed by atoms with Gasteiger partial charge in [0, 0.05) is 18.6 Å². The number of unbranched alkanes of at least 4 members (excludes halogenated alkanes) is 13. The van der Waals surface area contributed by atoms with E-state index in [1.165, 1.54) is 96.4 Å². The van der Waals surface area contributed by atoms with Crippen LogP contribution in [0.1, 0.15) is 96.8 Å². The molecule has 0 unspecified atom stereocenters. The second kappa shape index (κ2) is 22.8. The molecule has 0 aliphatic carbocycles. The van der Waals surface area contributed by atoms with Crippen LogP contribution >= 0.6 is 0 Å². The maximum Gasteiger partial charge on any atom is 0.183 e. The van der Waals surface area contributed by atoms with Gasteiger partial charge in [-0.15, -0.1) is 0 Å². The van der Waals surface area contributed by atoms with Gasteiger partial charge in [-0.1, -0.05) is 90.0 Å². The lowest BCUT2D eigenvalue weighted by Crippen LogP contribution is -3.00. The molecule has 5 N–H and O–H groups in total. The zero-order chi connectivity index (χ0) is 19.3. The molecule has 1 aromatic rings. The molecule has 0 atom stereocenters. The molecule has 158 valence electrons. The Bertz CT molecular complexity index is 408. The van der Waals surface area contributed by atoms with Crippen LogP contribution in [0, 0.1) is 5.41 Å². The van der Waals surface area contributed by atoms with Gasteiger partial charge in [-0.3, -0.25) is 5.41 Å². The van der Waals surface area contributed by atoms with Crippen LogP contribution in [0.5, 0.6) is 0 Å². The highest BCUT2D eigenvalue weighted by Crippen LogP contribution is 2.12. The molecule has 1 aromatic heterocycles. The number of nitrogens with zero attached hydrogens (tertiary/aromatic N) is 1. The monoisotopic (exact) mass is 398 g/mol. The lowest BCUT2D eigenvalue weighted by atomic mass is 10.0. The molecule has 4 nitrogen and oxygen atoms in total. The summed E-state index contributed by atoms with van der Waals surface area (Å²) in [5, 5.41) is 6.06. The van der Waals surface area contributed by atoms with Gasteiger partial charge in [0.1, 0.15) is 6.54 Å². The highest BCUT2D eigenvalue weighted by molar-refractivity contribution is 5.71. The van der Waals surface area contributed by atoms with Crippen molar-refractivity contribution in [1.82, 2.24) is 0 Å². The predicted octanol–water partition coefficient (Wildman–Crippen LogP) is 2.30. The lowest BCUT2D eigenvalue weighted by Gasteiger charge is -2.02. The Balaban J connectivity index is 0. The van der Waals surface area contributed by atoms with Crippen molar-refractivity contribution in [3.8, 4) is 0 Å². The zero-order valence-corrected chi connectivity index (χ0v) is 18.2. The summed E-state index contributed by atoms with van der Waals surface area (Å²) in [5.74, 6) is -0.333. The van der Waals surface area contributed by atoms with Crippen LogP contribution in [-0.2, 0) is 6.54 Å². The molecule has 5 heteroatoms. The van der Waals surface area contributed by atoms with Crippen molar-refractivity contribution in [2.45, 2.75) is 103 Å². The Kier molecular flexibility index (Phi) is 23.5. The molecule has 0 saturated carbocycles. The molecule has 0 aromatic carbocycles. The Labute approximate surface area is 174 Å². The quantitative estimate of drug-likeness (QED) is 0.183. The molecule has 27 heavy (non-hydrogen) atoms. The lowest BCUT2D eigenvalue weighted by molar-refractivity contribution is -0.697. The first-order valence-electron chi connectivity index (χ1n) is 10.7. The van der Waals surface area contributed by atoms with Gasteiger partial charge in [-0.2, -0.15) is 0 Å². The van der Waals surface area contributed by atoms with Gasteiger partial charge in [0.2, 0.25) is 0 Å². The molecule has 0 aliphatic rings. The van der Waals surface area contributed by atoms with E-state index in [0.29, 0.717) is 0 Å². The highest BCUT2D eigenvalue weighted by atomic mass is 35.5. The second-order valence-corrected chi connectivity index (χ2v) is 7.16. The smallest absolute Gasteiger partial charge is 0.183 e. The SMILES string of the molecule is CCCCCCCCCCCCCCCC[n+]1ccccc1.N=C(N)N.[Cl-]. The molecule has 0 bridgehead atoms. The summed E-state index contributed by atoms with van der Waals surface area (Å²) in [4.78, 5) is 0. The summed E-state index contributed by atoms with van der Waals surface area (Å²) in [5.41, 5.74) is 8.94. The highest BCUT2D eigenvalue weighted by Gasteiger charge is 1.98. The van der Waals surface area contributed by atoms with E-state index in [0.717, 1.165) is 0 Å². The van der Waals surface area contributed by atoms with Crippen molar-refractivity contribution in [3.05, 3.63) is 30.6 Å². The number of hydrogen-bond donors (Lipinski definition) is 3. The third-order valence-electron chi connectivity index (χ3n) is 4.55. The Hall–Kier alpha value is -1.29. The van der Waals surface area contributed by atoms with E-state index >= 15 is 0 Å². The molecular formula is C22H43ClN4. The minimum Gasteiger partial charge on any atom is -1.00 e. The predicted molar refractivity (Wildman–Crippen MR) is 113 cm³/mol. The van der Waals surface area contributed by atoms with E-state index in [9.17, 15) is 0 Å². The van der Waals surface area contributed by atoms with Crippen molar-refractivity contribution >= 4 is 5.96 Å². The maximum atomic E-state index is 6.06. The summed E-state index contributed by atoms with van der Waals surface area (Å²) >= 11 is 0. The molecule has 1 rings (SSSR count). The molecule has 0 spiro atoms. The molecule has 0 fully saturated rings. The number of nitrogens with one attached hydrogen (secondary N) is 1. The average molecular weight is 399 g/mol. The van der Waals surface area contributed by atoms with Crippen molar-refractivity contribution in [1.29, 1.82) is 5.41 Å². The number of nitrogens with two attached hydrogens (primary N) is 2. The van der Waals surface area contributed by atoms with Gasteiger partial charge in [0.15, 0.2) is 18.4 Å². The second-order valence-electron chi connectivity index (χ2n) is 7.16. The van der Waals surface area contributed by atoms with Gasteiger partial charge in [0.05, 0.1) is 0 Å². The molecule has 0 radical (unpaired) electrons. The third kappa shape index (κ3) is 24.7. The van der Waals surface area contributed by atoms with E-state index in [1.54, 1.807) is 0 Å². The number of guanidine groups is 1. The number of aryl methyl sites for hydroxylation is 1. The van der Waals surface area contributed by atoms with E-state index in [-0.39, 0.29) is 18.4 Å². The average Bonchev–Trinajstić information content (AvgIpc) is 2.62. The fourth-order valence-electron chi connectivity index (χ4n) is 3.07. The van der Waals surface area contributed by atoms with Crippen molar-refractivity contribution < 1.29 is 17.0 Å². The van der Waals surface area contributed by atoms with Crippen LogP contribution < -0.4 is 28.4 Å². The van der Waals surface area contributed by atoms with Gasteiger partial charge < -0.3 is 23.9 Å². The Morgan fingerprint density at radius 3 is 1.37 bits per heavy atom. The first-order chi connectivity index (χ1) is 12.7. The van der Waals surface area contributed by atoms with Crippen LogP contribution in [0.3, 0.4) is 0 Å². The topological polar surface area (TPSA) is 79.8 Å². The normalized spacial score (nSPS) is 9.81. The number of hydrogen-bond acceptors (Lipinski definition) is 1. The molecule has 0 saturated heterocycles. The van der Waals surface area contributed by atoms with Crippen LogP contribution in [0.15, 0.2) is 30.6 Å². The van der Waals surface area contributed by atoms with Gasteiger partial charge in [-0.05, 0) is 6.42 Å². The molecule has 0 aliphatic heterocycles. The largest absolute Gasteiger partial charge is 1.00 e. The maximum absolute atomic E-state index is 6.06. The number of rotatable bonds is 15. The fraction of sp³-hybridized carbons (Fsp3) is 0.727. The standard InChI is InChI=1S/C21H38N.CH5N3.ClH/c1-2-3-4-5-6-7-8-9-10-11-12-13-14-16-19-22-20-17-15-18-21-22;2-1(3)4;/h15,17-18,20-21H,2-14,16,19H2,1H3;(H5,2,3,4);1H/q+1;;/p-1. The fourth-order valence-corrected chi connectivity index (χ4v) is 3.07. The van der Waals surface area contributed by atoms with Gasteiger partial charge in [-0.25, -0.2) is 4.57 Å². The van der Waals surface area contributed by atoms with Crippen LogP contribution in [-0.4, -0.2) is 5.96 Å². The third-order valence-corrected chi connectivity index (χ3v) is 4.55. The summed E-state index contributed by atoms with van der Waals surface area (Å²) < 4.78 is 2.29. The minimum atomic E-state index is -0.333. The molecule has 0 amide bonds. The van der Waals surface area contributed by atoms with Crippen molar-refractivity contribution in [3.63, 3.8) is 0 Å². The molecular weight excluding hydrogens is 356 g/mol. The van der Waals surface area contributed by atoms with E-state index in [1.807, 2.05) is 0 Å². The number of aromatic nitrogens is 1. The summed E-state index contributed by atoms with van der Waals surface area (Å²) in [6.45, 7) is 3.47. The van der Waals surface area contributed by atoms with Crippen molar-refractivity contribution in [2.24, 2.45) is 11.5 Å². The van der Waals surface area contributed by atoms with Crippen LogP contribution in [0.4, 0.5) is 0 Å². The Morgan fingerprint density at radius 1 is 0.667 bits per heavy atom. The van der Waals surface area contributed by atoms with Gasteiger partial charge >= 0.3 is 0 Å². The summed E-state index contributed by atoms with van der Waals surface area (Å²) in [6.07, 6.45) is 24.4. The van der Waals surface area contributed by atoms with Crippen LogP contribution in [0.25, 0.3) is 0 Å². The number of halogens is 1. The summed E-state index contributed by atoms with van der Waals surface area (Å²) in [6, 6.07) is 6.31. The van der Waals surface area contributed by atoms with Crippen molar-refractivity contribution in [2.75, 3.05) is 0 Å². The number of pyridine rings is 1. The van der Waals surface area contributed by atoms with Crippen LogP contribution in [0.2, 0.25) is 0 Å². The Morgan fingerprint density at radius 2 is 1.00 bits per heavy atom.